The van der Waals surface area contributed by atoms with Gasteiger partial charge in [-0.3, -0.25) is 0 Å². The third-order valence-corrected chi connectivity index (χ3v) is 4.08. The van der Waals surface area contributed by atoms with E-state index in [-0.39, 0.29) is 25.0 Å². The highest BCUT2D eigenvalue weighted by Gasteiger charge is 2.29. The maximum Gasteiger partial charge on any atom is 0.319 e. The lowest BCUT2D eigenvalue weighted by Crippen LogP contribution is -2.53. The van der Waals surface area contributed by atoms with Crippen molar-refractivity contribution >= 4 is 35.9 Å². The molecule has 1 saturated heterocycles. The third kappa shape index (κ3) is 5.74. The number of hydrogen-bond acceptors (Lipinski definition) is 4. The maximum absolute atomic E-state index is 11.8. The molecule has 7 heteroatoms. The first-order valence-corrected chi connectivity index (χ1v) is 7.96. The SMILES string of the molecule is CSc1cccc(NC(=O)NCC2(O)CCCNC2)c1.Cl. The van der Waals surface area contributed by atoms with E-state index in [1.54, 1.807) is 11.8 Å². The smallest absolute Gasteiger partial charge is 0.319 e. The molecule has 1 aliphatic rings. The summed E-state index contributed by atoms with van der Waals surface area (Å²) in [6, 6.07) is 7.36. The molecule has 1 fully saturated rings. The average molecular weight is 332 g/mol. The Bertz CT molecular complexity index is 467. The van der Waals surface area contributed by atoms with Gasteiger partial charge in [-0.15, -0.1) is 24.2 Å². The minimum Gasteiger partial charge on any atom is -0.387 e. The summed E-state index contributed by atoms with van der Waals surface area (Å²) < 4.78 is 0. The molecule has 4 N–H and O–H groups in total. The summed E-state index contributed by atoms with van der Waals surface area (Å²) in [5.74, 6) is 0. The van der Waals surface area contributed by atoms with E-state index in [4.69, 9.17) is 0 Å². The number of thioether (sulfide) groups is 1. The summed E-state index contributed by atoms with van der Waals surface area (Å²) in [4.78, 5) is 12.9. The van der Waals surface area contributed by atoms with Crippen LogP contribution in [0.25, 0.3) is 0 Å². The molecule has 1 atom stereocenters. The molecule has 1 aliphatic heterocycles. The summed E-state index contributed by atoms with van der Waals surface area (Å²) in [5.41, 5.74) is -0.0837. The highest BCUT2D eigenvalue weighted by Crippen LogP contribution is 2.19. The van der Waals surface area contributed by atoms with E-state index >= 15 is 0 Å². The van der Waals surface area contributed by atoms with Crippen LogP contribution in [0.3, 0.4) is 0 Å². The van der Waals surface area contributed by atoms with Crippen molar-refractivity contribution in [1.82, 2.24) is 10.6 Å². The first-order valence-electron chi connectivity index (χ1n) is 6.73. The van der Waals surface area contributed by atoms with Gasteiger partial charge in [0.2, 0.25) is 0 Å². The minimum absolute atomic E-state index is 0. The van der Waals surface area contributed by atoms with E-state index in [9.17, 15) is 9.90 Å². The molecule has 0 spiro atoms. The fourth-order valence-electron chi connectivity index (χ4n) is 2.22. The Morgan fingerprint density at radius 1 is 1.52 bits per heavy atom. The van der Waals surface area contributed by atoms with Gasteiger partial charge in [0.1, 0.15) is 0 Å². The lowest BCUT2D eigenvalue weighted by atomic mass is 9.94. The van der Waals surface area contributed by atoms with Crippen molar-refractivity contribution < 1.29 is 9.90 Å². The lowest BCUT2D eigenvalue weighted by Gasteiger charge is -2.32. The topological polar surface area (TPSA) is 73.4 Å². The number of anilines is 1. The van der Waals surface area contributed by atoms with E-state index < -0.39 is 5.60 Å². The van der Waals surface area contributed by atoms with Gasteiger partial charge in [-0.25, -0.2) is 4.79 Å². The molecular formula is C14H22ClN3O2S. The number of amides is 2. The number of aliphatic hydroxyl groups is 1. The zero-order valence-corrected chi connectivity index (χ0v) is 13.6. The number of nitrogens with one attached hydrogen (secondary N) is 3. The molecule has 1 unspecified atom stereocenters. The zero-order valence-electron chi connectivity index (χ0n) is 12.0. The molecule has 0 radical (unpaired) electrons. The maximum atomic E-state index is 11.8. The molecule has 0 aromatic heterocycles. The van der Waals surface area contributed by atoms with Gasteiger partial charge < -0.3 is 21.1 Å². The van der Waals surface area contributed by atoms with Gasteiger partial charge in [0, 0.05) is 23.7 Å². The molecule has 2 rings (SSSR count). The number of piperidine rings is 1. The first kappa shape index (κ1) is 18.1. The van der Waals surface area contributed by atoms with Gasteiger partial charge in [-0.1, -0.05) is 6.07 Å². The predicted octanol–water partition coefficient (Wildman–Crippen LogP) is 2.07. The van der Waals surface area contributed by atoms with E-state index in [0.29, 0.717) is 13.0 Å². The number of β-amino-alcohol motifs (C(OH)–C–C–N with tert-alkyl or cyclic N) is 1. The number of carbonyl (C=O) groups excluding carboxylic acids is 1. The van der Waals surface area contributed by atoms with Crippen LogP contribution >= 0.6 is 24.2 Å². The minimum atomic E-state index is -0.837. The van der Waals surface area contributed by atoms with Crippen molar-refractivity contribution in [1.29, 1.82) is 0 Å². The van der Waals surface area contributed by atoms with Crippen LogP contribution in [0.15, 0.2) is 29.2 Å². The van der Waals surface area contributed by atoms with Gasteiger partial charge in [-0.2, -0.15) is 0 Å². The summed E-state index contributed by atoms with van der Waals surface area (Å²) in [6.45, 7) is 1.71. The quantitative estimate of drug-likeness (QED) is 0.637. The second-order valence-corrected chi connectivity index (χ2v) is 5.92. The average Bonchev–Trinajstić information content (AvgIpc) is 2.46. The normalized spacial score (nSPS) is 21.2. The number of carbonyl (C=O) groups is 1. The van der Waals surface area contributed by atoms with Crippen LogP contribution in [0.1, 0.15) is 12.8 Å². The fourth-order valence-corrected chi connectivity index (χ4v) is 2.68. The summed E-state index contributed by atoms with van der Waals surface area (Å²) in [5, 5.41) is 18.9. The van der Waals surface area contributed by atoms with E-state index in [0.717, 1.165) is 23.5 Å². The Balaban J connectivity index is 0.00000220. The van der Waals surface area contributed by atoms with Crippen molar-refractivity contribution in [3.8, 4) is 0 Å². The Hall–Kier alpha value is -0.950. The molecule has 1 aromatic carbocycles. The van der Waals surface area contributed by atoms with Gasteiger partial charge in [0.15, 0.2) is 0 Å². The highest BCUT2D eigenvalue weighted by atomic mass is 35.5. The van der Waals surface area contributed by atoms with Gasteiger partial charge in [0.25, 0.3) is 0 Å². The van der Waals surface area contributed by atoms with Gasteiger partial charge in [-0.05, 0) is 43.8 Å². The molecule has 21 heavy (non-hydrogen) atoms. The lowest BCUT2D eigenvalue weighted by molar-refractivity contribution is 0.0198. The largest absolute Gasteiger partial charge is 0.387 e. The Morgan fingerprint density at radius 3 is 3.00 bits per heavy atom. The first-order chi connectivity index (χ1) is 9.61. The summed E-state index contributed by atoms with van der Waals surface area (Å²) in [7, 11) is 0. The second-order valence-electron chi connectivity index (χ2n) is 5.04. The van der Waals surface area contributed by atoms with Gasteiger partial charge in [0.05, 0.1) is 5.60 Å². The van der Waals surface area contributed by atoms with E-state index in [1.165, 1.54) is 0 Å². The molecule has 5 nitrogen and oxygen atoms in total. The number of halogens is 1. The van der Waals surface area contributed by atoms with Crippen LogP contribution in [0.4, 0.5) is 10.5 Å². The molecule has 118 valence electrons. The predicted molar refractivity (Wildman–Crippen MR) is 89.5 cm³/mol. The van der Waals surface area contributed by atoms with Crippen LogP contribution in [-0.4, -0.2) is 42.6 Å². The molecule has 0 saturated carbocycles. The van der Waals surface area contributed by atoms with Crippen LogP contribution < -0.4 is 16.0 Å². The third-order valence-electron chi connectivity index (χ3n) is 3.36. The number of hydrogen-bond donors (Lipinski definition) is 4. The summed E-state index contributed by atoms with van der Waals surface area (Å²) >= 11 is 1.63. The van der Waals surface area contributed by atoms with Gasteiger partial charge >= 0.3 is 6.03 Å². The molecule has 1 heterocycles. The Labute approximate surface area is 135 Å². The second kappa shape index (κ2) is 8.48. The van der Waals surface area contributed by atoms with Crippen molar-refractivity contribution in [3.05, 3.63) is 24.3 Å². The van der Waals surface area contributed by atoms with Crippen LogP contribution in [-0.2, 0) is 0 Å². The number of benzene rings is 1. The van der Waals surface area contributed by atoms with Crippen molar-refractivity contribution in [3.63, 3.8) is 0 Å². The van der Waals surface area contributed by atoms with Crippen LogP contribution in [0, 0.1) is 0 Å². The molecule has 0 bridgehead atoms. The molecule has 1 aromatic rings. The Morgan fingerprint density at radius 2 is 2.33 bits per heavy atom. The van der Waals surface area contributed by atoms with E-state index in [1.807, 2.05) is 30.5 Å². The highest BCUT2D eigenvalue weighted by molar-refractivity contribution is 7.98. The van der Waals surface area contributed by atoms with Crippen LogP contribution in [0.2, 0.25) is 0 Å². The summed E-state index contributed by atoms with van der Waals surface area (Å²) in [6.07, 6.45) is 3.63. The van der Waals surface area contributed by atoms with Crippen molar-refractivity contribution in [2.45, 2.75) is 23.3 Å². The number of rotatable bonds is 4. The molecule has 2 amide bonds. The van der Waals surface area contributed by atoms with Crippen molar-refractivity contribution in [2.75, 3.05) is 31.2 Å². The van der Waals surface area contributed by atoms with Crippen LogP contribution in [0.5, 0.6) is 0 Å². The zero-order chi connectivity index (χ0) is 14.4. The fraction of sp³-hybridized carbons (Fsp3) is 0.500. The Kier molecular flexibility index (Phi) is 7.31. The molecule has 0 aliphatic carbocycles. The van der Waals surface area contributed by atoms with E-state index in [2.05, 4.69) is 16.0 Å². The number of urea groups is 1. The molecular weight excluding hydrogens is 310 g/mol. The standard InChI is InChI=1S/C14H21N3O2S.ClH/c1-20-12-5-2-4-11(8-12)17-13(18)16-10-14(19)6-3-7-15-9-14;/h2,4-5,8,15,19H,3,6-7,9-10H2,1H3,(H2,16,17,18);1H. The monoisotopic (exact) mass is 331 g/mol. The van der Waals surface area contributed by atoms with Crippen molar-refractivity contribution in [2.24, 2.45) is 0 Å².